The van der Waals surface area contributed by atoms with Gasteiger partial charge in [0.1, 0.15) is 16.7 Å². The number of hydrogen-bond donors (Lipinski definition) is 1. The number of rotatable bonds is 7. The summed E-state index contributed by atoms with van der Waals surface area (Å²) in [5, 5.41) is 26.2. The average molecular weight is 516 g/mol. The van der Waals surface area contributed by atoms with Crippen LogP contribution in [-0.4, -0.2) is 32.0 Å². The molecule has 13 heteroatoms. The van der Waals surface area contributed by atoms with E-state index >= 15 is 0 Å². The highest BCUT2D eigenvalue weighted by atomic mass is 32.1. The van der Waals surface area contributed by atoms with Gasteiger partial charge in [0.05, 0.1) is 23.7 Å². The summed E-state index contributed by atoms with van der Waals surface area (Å²) in [5.74, 6) is -0.130. The highest BCUT2D eigenvalue weighted by Crippen LogP contribution is 2.39. The van der Waals surface area contributed by atoms with Crippen LogP contribution in [0, 0.1) is 22.7 Å². The van der Waals surface area contributed by atoms with E-state index in [-0.39, 0.29) is 17.0 Å². The maximum atomic E-state index is 13.1. The number of aromatic nitrogens is 4. The molecule has 4 rings (SSSR count). The third-order valence-electron chi connectivity index (χ3n) is 5.51. The lowest BCUT2D eigenvalue weighted by Gasteiger charge is -2.20. The van der Waals surface area contributed by atoms with E-state index in [2.05, 4.69) is 25.1 Å². The van der Waals surface area contributed by atoms with Crippen molar-refractivity contribution >= 4 is 17.2 Å². The number of nitriles is 2. The number of carbonyl (C=O) groups is 1. The van der Waals surface area contributed by atoms with Gasteiger partial charge in [-0.05, 0) is 57.4 Å². The molecule has 1 aromatic carbocycles. The van der Waals surface area contributed by atoms with Gasteiger partial charge in [0.15, 0.2) is 11.6 Å². The SMILES string of the molecule is C[C@H](NC(=O)c1cc(OC(F)(F)F)cc(C(C)(C)C#N)c1)c1nc(C2CC2)nn1-c1ncc(C#N)s1. The summed E-state index contributed by atoms with van der Waals surface area (Å²) in [6.07, 6.45) is -1.68. The van der Waals surface area contributed by atoms with Crippen LogP contribution in [0.3, 0.4) is 0 Å². The first kappa shape index (κ1) is 25.1. The second-order valence-electron chi connectivity index (χ2n) is 8.86. The van der Waals surface area contributed by atoms with E-state index in [0.29, 0.717) is 21.7 Å². The van der Waals surface area contributed by atoms with Gasteiger partial charge in [-0.2, -0.15) is 15.2 Å². The van der Waals surface area contributed by atoms with Crippen LogP contribution >= 0.6 is 11.3 Å². The Morgan fingerprint density at radius 2 is 2.00 bits per heavy atom. The molecule has 1 atom stereocenters. The number of ether oxygens (including phenoxy) is 1. The van der Waals surface area contributed by atoms with E-state index in [4.69, 9.17) is 5.26 Å². The maximum absolute atomic E-state index is 13.1. The molecule has 186 valence electrons. The summed E-state index contributed by atoms with van der Waals surface area (Å²) in [5.41, 5.74) is -1.10. The first-order valence-corrected chi connectivity index (χ1v) is 11.7. The molecule has 0 spiro atoms. The Bertz CT molecular complexity index is 1390. The van der Waals surface area contributed by atoms with Gasteiger partial charge < -0.3 is 10.1 Å². The summed E-state index contributed by atoms with van der Waals surface area (Å²) in [6, 6.07) is 6.72. The Labute approximate surface area is 208 Å². The van der Waals surface area contributed by atoms with Crippen molar-refractivity contribution in [1.29, 1.82) is 10.5 Å². The molecule has 0 aliphatic heterocycles. The number of carbonyl (C=O) groups excluding carboxylic acids is 1. The zero-order valence-electron chi connectivity index (χ0n) is 19.4. The third-order valence-corrected chi connectivity index (χ3v) is 6.39. The van der Waals surface area contributed by atoms with Crippen molar-refractivity contribution in [2.24, 2.45) is 0 Å². The fourth-order valence-electron chi connectivity index (χ4n) is 3.38. The first-order chi connectivity index (χ1) is 16.9. The number of thiazole rings is 1. The molecule has 2 heterocycles. The Balaban J connectivity index is 1.66. The molecule has 1 N–H and O–H groups in total. The van der Waals surface area contributed by atoms with Gasteiger partial charge in [0.2, 0.25) is 5.13 Å². The number of benzene rings is 1. The van der Waals surface area contributed by atoms with Gasteiger partial charge in [-0.3, -0.25) is 4.79 Å². The van der Waals surface area contributed by atoms with Gasteiger partial charge in [-0.1, -0.05) is 11.3 Å². The van der Waals surface area contributed by atoms with Crippen molar-refractivity contribution < 1.29 is 22.7 Å². The molecule has 1 amide bonds. The van der Waals surface area contributed by atoms with Crippen molar-refractivity contribution in [3.05, 3.63) is 52.0 Å². The van der Waals surface area contributed by atoms with Crippen LogP contribution in [0.5, 0.6) is 5.75 Å². The molecular weight excluding hydrogens is 495 g/mol. The third kappa shape index (κ3) is 5.47. The van der Waals surface area contributed by atoms with Crippen LogP contribution < -0.4 is 10.1 Å². The van der Waals surface area contributed by atoms with Crippen LogP contribution in [0.15, 0.2) is 24.4 Å². The van der Waals surface area contributed by atoms with Crippen LogP contribution in [-0.2, 0) is 5.41 Å². The fourth-order valence-corrected chi connectivity index (χ4v) is 4.06. The normalized spacial score (nSPS) is 14.6. The van der Waals surface area contributed by atoms with E-state index in [1.807, 2.05) is 12.1 Å². The average Bonchev–Trinajstić information content (AvgIpc) is 3.38. The number of amides is 1. The molecule has 0 radical (unpaired) electrons. The van der Waals surface area contributed by atoms with Crippen molar-refractivity contribution in [3.8, 4) is 23.0 Å². The quantitative estimate of drug-likeness (QED) is 0.484. The molecule has 1 aliphatic carbocycles. The Kier molecular flexibility index (Phi) is 6.45. The van der Waals surface area contributed by atoms with E-state index in [9.17, 15) is 23.2 Å². The van der Waals surface area contributed by atoms with Gasteiger partial charge in [-0.25, -0.2) is 9.97 Å². The molecular formula is C23H20F3N7O2S. The van der Waals surface area contributed by atoms with E-state index < -0.39 is 29.5 Å². The lowest BCUT2D eigenvalue weighted by molar-refractivity contribution is -0.274. The van der Waals surface area contributed by atoms with E-state index in [1.54, 1.807) is 6.92 Å². The number of alkyl halides is 3. The van der Waals surface area contributed by atoms with Crippen LogP contribution in [0.4, 0.5) is 13.2 Å². The predicted molar refractivity (Wildman–Crippen MR) is 121 cm³/mol. The molecule has 1 fully saturated rings. The first-order valence-electron chi connectivity index (χ1n) is 10.9. The standard InChI is InChI=1S/C23H20F3N7O2S/c1-12(19-31-18(13-4-5-13)32-33(19)21-29-10-17(9-27)36-21)30-20(34)14-6-15(22(2,3)11-28)8-16(7-14)35-23(24,25)26/h6-8,10,12-13H,4-5H2,1-3H3,(H,30,34)/t12-/m0/s1. The van der Waals surface area contributed by atoms with Crippen molar-refractivity contribution in [1.82, 2.24) is 25.1 Å². The monoisotopic (exact) mass is 515 g/mol. The number of hydrogen-bond acceptors (Lipinski definition) is 8. The predicted octanol–water partition coefficient (Wildman–Crippen LogP) is 4.66. The van der Waals surface area contributed by atoms with Crippen molar-refractivity contribution in [2.45, 2.75) is 57.3 Å². The second kappa shape index (κ2) is 9.24. The Morgan fingerprint density at radius 3 is 2.58 bits per heavy atom. The Hall–Kier alpha value is -3.97. The summed E-state index contributed by atoms with van der Waals surface area (Å²) in [4.78, 5) is 22.3. The Morgan fingerprint density at radius 1 is 1.28 bits per heavy atom. The molecule has 36 heavy (non-hydrogen) atoms. The molecule has 1 aliphatic rings. The topological polar surface area (TPSA) is 130 Å². The largest absolute Gasteiger partial charge is 0.573 e. The maximum Gasteiger partial charge on any atom is 0.573 e. The molecule has 3 aromatic rings. The lowest BCUT2D eigenvalue weighted by atomic mass is 9.85. The van der Waals surface area contributed by atoms with E-state index in [0.717, 1.165) is 36.3 Å². The van der Waals surface area contributed by atoms with Crippen LogP contribution in [0.2, 0.25) is 0 Å². The summed E-state index contributed by atoms with van der Waals surface area (Å²) >= 11 is 1.11. The van der Waals surface area contributed by atoms with Crippen molar-refractivity contribution in [3.63, 3.8) is 0 Å². The molecule has 0 unspecified atom stereocenters. The molecule has 1 saturated carbocycles. The van der Waals surface area contributed by atoms with Crippen LogP contribution in [0.25, 0.3) is 5.13 Å². The fraction of sp³-hybridized carbons (Fsp3) is 0.391. The smallest absolute Gasteiger partial charge is 0.406 e. The van der Waals surface area contributed by atoms with Crippen molar-refractivity contribution in [2.75, 3.05) is 0 Å². The molecule has 2 aromatic heterocycles. The molecule has 0 saturated heterocycles. The highest BCUT2D eigenvalue weighted by molar-refractivity contribution is 7.14. The highest BCUT2D eigenvalue weighted by Gasteiger charge is 2.34. The number of nitrogens with zero attached hydrogens (tertiary/aromatic N) is 6. The molecule has 9 nitrogen and oxygen atoms in total. The van der Waals surface area contributed by atoms with Gasteiger partial charge >= 0.3 is 6.36 Å². The minimum atomic E-state index is -4.97. The minimum absolute atomic E-state index is 0.114. The summed E-state index contributed by atoms with van der Waals surface area (Å²) < 4.78 is 44.2. The van der Waals surface area contributed by atoms with Gasteiger partial charge in [-0.15, -0.1) is 18.3 Å². The van der Waals surface area contributed by atoms with E-state index in [1.165, 1.54) is 30.8 Å². The van der Waals surface area contributed by atoms with Crippen LogP contribution in [0.1, 0.15) is 78.0 Å². The summed E-state index contributed by atoms with van der Waals surface area (Å²) in [7, 11) is 0. The number of halogens is 3. The van der Waals surface area contributed by atoms with Gasteiger partial charge in [0.25, 0.3) is 5.91 Å². The minimum Gasteiger partial charge on any atom is -0.406 e. The zero-order chi connectivity index (χ0) is 26.3. The second-order valence-corrected chi connectivity index (χ2v) is 9.87. The summed E-state index contributed by atoms with van der Waals surface area (Å²) in [6.45, 7) is 4.70. The lowest BCUT2D eigenvalue weighted by Crippen LogP contribution is -2.29. The van der Waals surface area contributed by atoms with Gasteiger partial charge in [0, 0.05) is 11.5 Å². The number of nitrogens with one attached hydrogen (secondary N) is 1. The zero-order valence-corrected chi connectivity index (χ0v) is 20.2. The molecule has 0 bridgehead atoms.